The van der Waals surface area contributed by atoms with E-state index in [1.54, 1.807) is 0 Å². The Kier molecular flexibility index (Phi) is 5.65. The summed E-state index contributed by atoms with van der Waals surface area (Å²) in [5.41, 5.74) is 6.41. The number of hydrogen-bond donors (Lipinski definition) is 1. The van der Waals surface area contributed by atoms with Crippen molar-refractivity contribution in [2.45, 2.75) is 19.9 Å². The Hall–Kier alpha value is -3.13. The van der Waals surface area contributed by atoms with Gasteiger partial charge in [0.1, 0.15) is 0 Å². The van der Waals surface area contributed by atoms with Gasteiger partial charge in [-0.2, -0.15) is 0 Å². The summed E-state index contributed by atoms with van der Waals surface area (Å²) in [6, 6.07) is 26.0. The van der Waals surface area contributed by atoms with Gasteiger partial charge >= 0.3 is 0 Å². The molecule has 1 N–H and O–H groups in total. The molecule has 0 fully saturated rings. The molecule has 0 bridgehead atoms. The molecule has 2 heteroatoms. The number of benzene rings is 3. The van der Waals surface area contributed by atoms with Gasteiger partial charge in [0, 0.05) is 12.1 Å². The van der Waals surface area contributed by atoms with E-state index >= 15 is 0 Å². The van der Waals surface area contributed by atoms with E-state index < -0.39 is 0 Å². The van der Waals surface area contributed by atoms with E-state index in [4.69, 9.17) is 0 Å². The van der Waals surface area contributed by atoms with Gasteiger partial charge in [0.25, 0.3) is 5.91 Å². The van der Waals surface area contributed by atoms with Gasteiger partial charge in [-0.25, -0.2) is 0 Å². The Labute approximate surface area is 155 Å². The van der Waals surface area contributed by atoms with Crippen molar-refractivity contribution in [1.29, 1.82) is 0 Å². The van der Waals surface area contributed by atoms with Gasteiger partial charge in [0.05, 0.1) is 0 Å². The van der Waals surface area contributed by atoms with Crippen LogP contribution in [0.5, 0.6) is 0 Å². The first-order valence-electron chi connectivity index (χ1n) is 8.78. The van der Waals surface area contributed by atoms with E-state index in [2.05, 4.69) is 42.2 Å². The van der Waals surface area contributed by atoms with Crippen molar-refractivity contribution < 1.29 is 4.79 Å². The minimum absolute atomic E-state index is 0.0603. The highest BCUT2D eigenvalue weighted by Gasteiger charge is 2.09. The van der Waals surface area contributed by atoms with E-state index in [1.165, 1.54) is 5.56 Å². The van der Waals surface area contributed by atoms with Crippen LogP contribution in [0.3, 0.4) is 0 Å². The third kappa shape index (κ3) is 4.48. The molecule has 130 valence electrons. The van der Waals surface area contributed by atoms with Crippen molar-refractivity contribution in [3.63, 3.8) is 0 Å². The second-order valence-corrected chi connectivity index (χ2v) is 6.54. The van der Waals surface area contributed by atoms with Crippen molar-refractivity contribution in [3.05, 3.63) is 108 Å². The Morgan fingerprint density at radius 2 is 1.58 bits per heavy atom. The number of nitrogens with one attached hydrogen (secondary N) is 1. The van der Waals surface area contributed by atoms with E-state index in [0.29, 0.717) is 12.1 Å². The fraction of sp³-hybridized carbons (Fsp3) is 0.125. The molecule has 0 spiro atoms. The minimum Gasteiger partial charge on any atom is -0.348 e. The lowest BCUT2D eigenvalue weighted by Gasteiger charge is -2.14. The third-order valence-corrected chi connectivity index (χ3v) is 4.24. The first-order valence-corrected chi connectivity index (χ1v) is 8.78. The number of carbonyl (C=O) groups is 1. The molecule has 0 unspecified atom stereocenters. The lowest BCUT2D eigenvalue weighted by atomic mass is 9.95. The van der Waals surface area contributed by atoms with Crippen LogP contribution in [0, 0.1) is 0 Å². The largest absolute Gasteiger partial charge is 0.348 e. The third-order valence-electron chi connectivity index (χ3n) is 4.24. The molecular weight excluding hydrogens is 318 g/mol. The molecule has 3 aromatic rings. The predicted octanol–water partition coefficient (Wildman–Crippen LogP) is 5.40. The fourth-order valence-electron chi connectivity index (χ4n) is 3.02. The Morgan fingerprint density at radius 3 is 2.23 bits per heavy atom. The summed E-state index contributed by atoms with van der Waals surface area (Å²) in [5, 5.41) is 3.04. The van der Waals surface area contributed by atoms with E-state index in [0.717, 1.165) is 28.7 Å². The van der Waals surface area contributed by atoms with Gasteiger partial charge < -0.3 is 5.32 Å². The van der Waals surface area contributed by atoms with Gasteiger partial charge in [-0.15, -0.1) is 0 Å². The molecule has 3 rings (SSSR count). The van der Waals surface area contributed by atoms with Crippen LogP contribution in [0.2, 0.25) is 0 Å². The first-order chi connectivity index (χ1) is 12.6. The molecule has 0 atom stereocenters. The maximum Gasteiger partial charge on any atom is 0.251 e. The molecule has 3 aromatic carbocycles. The second-order valence-electron chi connectivity index (χ2n) is 6.54. The number of allylic oxidation sites excluding steroid dienone is 1. The molecule has 0 aliphatic heterocycles. The maximum absolute atomic E-state index is 12.4. The quantitative estimate of drug-likeness (QED) is 0.597. The summed E-state index contributed by atoms with van der Waals surface area (Å²) in [7, 11) is 0. The molecular formula is C24H23NO. The van der Waals surface area contributed by atoms with Crippen molar-refractivity contribution in [2.24, 2.45) is 0 Å². The van der Waals surface area contributed by atoms with Gasteiger partial charge in [-0.1, -0.05) is 78.9 Å². The first kappa shape index (κ1) is 17.7. The Balaban J connectivity index is 1.87. The smallest absolute Gasteiger partial charge is 0.251 e. The van der Waals surface area contributed by atoms with Crippen LogP contribution >= 0.6 is 0 Å². The van der Waals surface area contributed by atoms with Crippen LogP contribution in [0.25, 0.3) is 11.1 Å². The lowest BCUT2D eigenvalue weighted by Crippen LogP contribution is -2.23. The van der Waals surface area contributed by atoms with Crippen molar-refractivity contribution in [1.82, 2.24) is 5.32 Å². The zero-order chi connectivity index (χ0) is 18.4. The monoisotopic (exact) mass is 341 g/mol. The van der Waals surface area contributed by atoms with Gasteiger partial charge in [0.15, 0.2) is 0 Å². The highest BCUT2D eigenvalue weighted by molar-refractivity contribution is 5.94. The number of carbonyl (C=O) groups excluding carboxylic acids is 1. The summed E-state index contributed by atoms with van der Waals surface area (Å²) in [4.78, 5) is 12.4. The zero-order valence-electron chi connectivity index (χ0n) is 15.0. The molecule has 0 aromatic heterocycles. The normalized spacial score (nSPS) is 10.3. The molecule has 26 heavy (non-hydrogen) atoms. The number of rotatable bonds is 6. The molecule has 0 heterocycles. The van der Waals surface area contributed by atoms with Crippen LogP contribution in [0.15, 0.2) is 91.0 Å². The molecule has 0 saturated carbocycles. The van der Waals surface area contributed by atoms with Crippen molar-refractivity contribution in [2.75, 3.05) is 0 Å². The summed E-state index contributed by atoms with van der Waals surface area (Å²) in [6.45, 7) is 6.52. The average molecular weight is 341 g/mol. The summed E-state index contributed by atoms with van der Waals surface area (Å²) in [6.07, 6.45) is 0.842. The molecule has 0 aliphatic carbocycles. The summed E-state index contributed by atoms with van der Waals surface area (Å²) >= 11 is 0. The topological polar surface area (TPSA) is 29.1 Å². The molecule has 0 radical (unpaired) electrons. The highest BCUT2D eigenvalue weighted by Crippen LogP contribution is 2.25. The van der Waals surface area contributed by atoms with Gasteiger partial charge in [-0.3, -0.25) is 4.79 Å². The second kappa shape index (κ2) is 8.30. The van der Waals surface area contributed by atoms with Crippen LogP contribution in [0.4, 0.5) is 0 Å². The zero-order valence-corrected chi connectivity index (χ0v) is 15.0. The minimum atomic E-state index is -0.0603. The van der Waals surface area contributed by atoms with Crippen LogP contribution < -0.4 is 5.32 Å². The fourth-order valence-corrected chi connectivity index (χ4v) is 3.02. The van der Waals surface area contributed by atoms with Crippen LogP contribution in [-0.4, -0.2) is 5.91 Å². The SMILES string of the molecule is C=C(C)Cc1ccc(-c2ccccc2)c(CNC(=O)c2ccccc2)c1. The number of amides is 1. The Bertz CT molecular complexity index is 898. The maximum atomic E-state index is 12.4. The molecule has 0 aliphatic rings. The van der Waals surface area contributed by atoms with Crippen LogP contribution in [-0.2, 0) is 13.0 Å². The standard InChI is InChI=1S/C24H23NO/c1-18(2)15-19-13-14-23(20-9-5-3-6-10-20)22(16-19)17-25-24(26)21-11-7-4-8-12-21/h3-14,16H,1,15,17H2,2H3,(H,25,26). The van der Waals surface area contributed by atoms with E-state index in [9.17, 15) is 4.79 Å². The molecule has 0 saturated heterocycles. The van der Waals surface area contributed by atoms with Crippen molar-refractivity contribution in [3.8, 4) is 11.1 Å². The summed E-state index contributed by atoms with van der Waals surface area (Å²) in [5.74, 6) is -0.0603. The average Bonchev–Trinajstić information content (AvgIpc) is 2.67. The Morgan fingerprint density at radius 1 is 0.923 bits per heavy atom. The number of hydrogen-bond acceptors (Lipinski definition) is 1. The van der Waals surface area contributed by atoms with Gasteiger partial charge in [0.2, 0.25) is 0 Å². The highest BCUT2D eigenvalue weighted by atomic mass is 16.1. The van der Waals surface area contributed by atoms with E-state index in [-0.39, 0.29) is 5.91 Å². The summed E-state index contributed by atoms with van der Waals surface area (Å²) < 4.78 is 0. The molecule has 2 nitrogen and oxygen atoms in total. The molecule has 1 amide bonds. The van der Waals surface area contributed by atoms with Crippen molar-refractivity contribution >= 4 is 5.91 Å². The van der Waals surface area contributed by atoms with Crippen LogP contribution in [0.1, 0.15) is 28.4 Å². The predicted molar refractivity (Wildman–Crippen MR) is 108 cm³/mol. The van der Waals surface area contributed by atoms with E-state index in [1.807, 2.05) is 55.5 Å². The lowest BCUT2D eigenvalue weighted by molar-refractivity contribution is 0.0951. The van der Waals surface area contributed by atoms with Gasteiger partial charge in [-0.05, 0) is 47.7 Å².